The zero-order valence-electron chi connectivity index (χ0n) is 26.3. The molecule has 0 aliphatic heterocycles. The number of nitrogens with one attached hydrogen (secondary N) is 2. The number of para-hydroxylation sites is 2. The van der Waals surface area contributed by atoms with Crippen LogP contribution in [0.15, 0.2) is 73.3 Å². The summed E-state index contributed by atoms with van der Waals surface area (Å²) in [4.78, 5) is 46.6. The molecule has 0 saturated carbocycles. The van der Waals surface area contributed by atoms with E-state index in [-0.39, 0.29) is 23.8 Å². The van der Waals surface area contributed by atoms with Gasteiger partial charge in [0.1, 0.15) is 12.2 Å². The predicted octanol–water partition coefficient (Wildman–Crippen LogP) is 6.08. The topological polar surface area (TPSA) is 129 Å². The first-order valence-electron chi connectivity index (χ1n) is 15.0. The maximum Gasteiger partial charge on any atom is 0.305 e. The predicted molar refractivity (Wildman–Crippen MR) is 171 cm³/mol. The molecule has 44 heavy (non-hydrogen) atoms. The van der Waals surface area contributed by atoms with Gasteiger partial charge in [-0.05, 0) is 69.2 Å². The molecule has 2 amide bonds. The van der Waals surface area contributed by atoms with Gasteiger partial charge in [-0.3, -0.25) is 19.2 Å². The summed E-state index contributed by atoms with van der Waals surface area (Å²) in [7, 11) is 2.74. The zero-order valence-corrected chi connectivity index (χ0v) is 26.3. The van der Waals surface area contributed by atoms with Gasteiger partial charge in [-0.15, -0.1) is 6.58 Å². The van der Waals surface area contributed by atoms with E-state index in [0.29, 0.717) is 58.2 Å². The molecule has 2 aromatic rings. The van der Waals surface area contributed by atoms with Crippen LogP contribution in [0.1, 0.15) is 64.7 Å². The standard InChI is InChI=1S/C17H25NO4.C17H23NO4/c2*1-3-13-22-15(11-7-8-12-16(19)21-2)17(20)18-14-9-5-4-6-10-14/h4-6,9-10,15H,3,7-8,11-13H2,1-2H3,(H,18,20);3-6,9-10,15H,1,7-8,11-13H2,2H3,(H,18,20). The molecule has 10 nitrogen and oxygen atoms in total. The van der Waals surface area contributed by atoms with E-state index < -0.39 is 12.2 Å². The molecule has 0 fully saturated rings. The molecular formula is C34H48N2O8. The molecular weight excluding hydrogens is 564 g/mol. The van der Waals surface area contributed by atoms with E-state index in [2.05, 4.69) is 26.7 Å². The van der Waals surface area contributed by atoms with Gasteiger partial charge < -0.3 is 29.6 Å². The van der Waals surface area contributed by atoms with Gasteiger partial charge >= 0.3 is 11.9 Å². The first kappa shape index (κ1) is 38.0. The Bertz CT molecular complexity index is 1090. The molecule has 0 bridgehead atoms. The van der Waals surface area contributed by atoms with Crippen molar-refractivity contribution in [1.29, 1.82) is 0 Å². The van der Waals surface area contributed by atoms with Crippen LogP contribution in [-0.4, -0.2) is 63.4 Å². The molecule has 0 aliphatic rings. The quantitative estimate of drug-likeness (QED) is 0.105. The lowest BCUT2D eigenvalue weighted by Gasteiger charge is -2.17. The highest BCUT2D eigenvalue weighted by Gasteiger charge is 2.20. The fourth-order valence-electron chi connectivity index (χ4n) is 3.92. The Morgan fingerprint density at radius 2 is 1.14 bits per heavy atom. The van der Waals surface area contributed by atoms with Crippen LogP contribution in [0.2, 0.25) is 0 Å². The number of anilines is 2. The Kier molecular flexibility index (Phi) is 21.1. The SMILES string of the molecule is C=CCOC(CCCCC(=O)OC)C(=O)Nc1ccccc1.CCCOC(CCCCC(=O)OC)C(=O)Nc1ccccc1. The molecule has 2 rings (SSSR count). The number of benzene rings is 2. The maximum absolute atomic E-state index is 12.3. The molecule has 0 heterocycles. The van der Waals surface area contributed by atoms with Crippen LogP contribution in [0, 0.1) is 0 Å². The van der Waals surface area contributed by atoms with Gasteiger partial charge in [0.15, 0.2) is 0 Å². The number of hydrogen-bond acceptors (Lipinski definition) is 8. The van der Waals surface area contributed by atoms with E-state index in [1.54, 1.807) is 6.08 Å². The Balaban J connectivity index is 0.000000440. The van der Waals surface area contributed by atoms with E-state index in [0.717, 1.165) is 24.2 Å². The van der Waals surface area contributed by atoms with Crippen molar-refractivity contribution in [2.75, 3.05) is 38.1 Å². The summed E-state index contributed by atoms with van der Waals surface area (Å²) in [6.45, 7) is 6.45. The third-order valence-corrected chi connectivity index (χ3v) is 6.26. The Morgan fingerprint density at radius 1 is 0.705 bits per heavy atom. The highest BCUT2D eigenvalue weighted by molar-refractivity contribution is 5.94. The number of amides is 2. The minimum absolute atomic E-state index is 0.141. The monoisotopic (exact) mass is 612 g/mol. The Hall–Kier alpha value is -4.02. The molecule has 242 valence electrons. The van der Waals surface area contributed by atoms with Crippen LogP contribution in [0.5, 0.6) is 0 Å². The highest BCUT2D eigenvalue weighted by Crippen LogP contribution is 2.14. The van der Waals surface area contributed by atoms with Gasteiger partial charge in [0, 0.05) is 30.8 Å². The molecule has 0 radical (unpaired) electrons. The lowest BCUT2D eigenvalue weighted by molar-refractivity contribution is -0.141. The Morgan fingerprint density at radius 3 is 1.52 bits per heavy atom. The minimum Gasteiger partial charge on any atom is -0.469 e. The van der Waals surface area contributed by atoms with Crippen LogP contribution < -0.4 is 10.6 Å². The fourth-order valence-corrected chi connectivity index (χ4v) is 3.92. The van der Waals surface area contributed by atoms with Crippen molar-refractivity contribution in [3.63, 3.8) is 0 Å². The lowest BCUT2D eigenvalue weighted by atomic mass is 10.1. The Labute approximate surface area is 261 Å². The number of ether oxygens (including phenoxy) is 4. The molecule has 2 unspecified atom stereocenters. The average Bonchev–Trinajstić information content (AvgIpc) is 3.04. The molecule has 10 heteroatoms. The normalized spacial score (nSPS) is 11.6. The minimum atomic E-state index is -0.559. The van der Waals surface area contributed by atoms with E-state index in [1.165, 1.54) is 14.2 Å². The molecule has 2 N–H and O–H groups in total. The highest BCUT2D eigenvalue weighted by atomic mass is 16.5. The summed E-state index contributed by atoms with van der Waals surface area (Å²) >= 11 is 0. The van der Waals surface area contributed by atoms with Crippen molar-refractivity contribution >= 4 is 35.1 Å². The molecule has 0 spiro atoms. The second-order valence-corrected chi connectivity index (χ2v) is 9.82. The second-order valence-electron chi connectivity index (χ2n) is 9.82. The number of esters is 2. The molecule has 0 saturated heterocycles. The van der Waals surface area contributed by atoms with Crippen molar-refractivity contribution in [1.82, 2.24) is 0 Å². The van der Waals surface area contributed by atoms with E-state index in [1.807, 2.05) is 67.6 Å². The van der Waals surface area contributed by atoms with Crippen molar-refractivity contribution in [3.8, 4) is 0 Å². The number of rotatable bonds is 20. The summed E-state index contributed by atoms with van der Waals surface area (Å²) in [5, 5.41) is 5.68. The lowest BCUT2D eigenvalue weighted by Crippen LogP contribution is -2.30. The summed E-state index contributed by atoms with van der Waals surface area (Å²) in [6.07, 6.45) is 6.09. The summed E-state index contributed by atoms with van der Waals surface area (Å²) in [6, 6.07) is 18.5. The molecule has 2 aromatic carbocycles. The second kappa shape index (κ2) is 24.4. The molecule has 2 atom stereocenters. The molecule has 0 aliphatic carbocycles. The van der Waals surface area contributed by atoms with Crippen molar-refractivity contribution < 1.29 is 38.1 Å². The zero-order chi connectivity index (χ0) is 32.4. The van der Waals surface area contributed by atoms with Gasteiger partial charge in [0.2, 0.25) is 0 Å². The number of hydrogen-bond donors (Lipinski definition) is 2. The maximum atomic E-state index is 12.3. The third kappa shape index (κ3) is 17.8. The van der Waals surface area contributed by atoms with Gasteiger partial charge in [-0.2, -0.15) is 0 Å². The van der Waals surface area contributed by atoms with Gasteiger partial charge in [0.25, 0.3) is 11.8 Å². The van der Waals surface area contributed by atoms with Crippen LogP contribution in [0.25, 0.3) is 0 Å². The van der Waals surface area contributed by atoms with E-state index in [4.69, 9.17) is 9.47 Å². The number of unbranched alkanes of at least 4 members (excludes halogenated alkanes) is 2. The van der Waals surface area contributed by atoms with Crippen LogP contribution in [0.3, 0.4) is 0 Å². The average molecular weight is 613 g/mol. The summed E-state index contributed by atoms with van der Waals surface area (Å²) in [5.74, 6) is -0.791. The van der Waals surface area contributed by atoms with Crippen LogP contribution in [0.4, 0.5) is 11.4 Å². The van der Waals surface area contributed by atoms with E-state index in [9.17, 15) is 19.2 Å². The fraction of sp³-hybridized carbons (Fsp3) is 0.471. The van der Waals surface area contributed by atoms with Crippen molar-refractivity contribution in [2.45, 2.75) is 76.9 Å². The van der Waals surface area contributed by atoms with Gasteiger partial charge in [0.05, 0.1) is 20.8 Å². The largest absolute Gasteiger partial charge is 0.469 e. The third-order valence-electron chi connectivity index (χ3n) is 6.26. The first-order valence-corrected chi connectivity index (χ1v) is 15.0. The van der Waals surface area contributed by atoms with Gasteiger partial charge in [-0.25, -0.2) is 0 Å². The van der Waals surface area contributed by atoms with Crippen LogP contribution >= 0.6 is 0 Å². The molecule has 0 aromatic heterocycles. The number of carbonyl (C=O) groups is 4. The smallest absolute Gasteiger partial charge is 0.305 e. The van der Waals surface area contributed by atoms with Gasteiger partial charge in [-0.1, -0.05) is 49.4 Å². The number of carbonyl (C=O) groups excluding carboxylic acids is 4. The van der Waals surface area contributed by atoms with E-state index >= 15 is 0 Å². The van der Waals surface area contributed by atoms with Crippen LogP contribution in [-0.2, 0) is 38.1 Å². The number of methoxy groups -OCH3 is 2. The van der Waals surface area contributed by atoms with Crippen molar-refractivity contribution in [2.24, 2.45) is 0 Å². The summed E-state index contributed by atoms with van der Waals surface area (Å²) in [5.41, 5.74) is 1.49. The first-order chi connectivity index (χ1) is 21.3. The summed E-state index contributed by atoms with van der Waals surface area (Å²) < 4.78 is 20.3. The van der Waals surface area contributed by atoms with Crippen molar-refractivity contribution in [3.05, 3.63) is 73.3 Å².